The number of carbonyl (C=O) groups is 1. The largest absolute Gasteiger partial charge is 0.493 e. The van der Waals surface area contributed by atoms with Gasteiger partial charge in [0.25, 0.3) is 11.4 Å². The summed E-state index contributed by atoms with van der Waals surface area (Å²) >= 11 is 6.24. The molecule has 1 N–H and O–H groups in total. The van der Waals surface area contributed by atoms with E-state index in [0.717, 1.165) is 50.2 Å². The standard InChI is InChI=1S/C32H37ClN6O4/c1-4-42-26-14-13-23(33)18-25(26)31-36-35-30(43-31)21-10-8-9-20(17-21)29(40)34-27-28(22-15-16-37(2)19-22)38(3)39(32(27)41)24-11-6-5-7-12-24/h5-7,11-14,18,20-22H,4,8-10,15-17,19H2,1-3H3,(H,34,40)/t20-,21?,22?/m1/s1. The topological polar surface area (TPSA) is 107 Å². The monoisotopic (exact) mass is 604 g/mol. The molecule has 0 radical (unpaired) electrons. The van der Waals surface area contributed by atoms with Crippen LogP contribution in [-0.4, -0.2) is 57.1 Å². The van der Waals surface area contributed by atoms with Crippen LogP contribution >= 0.6 is 11.6 Å². The molecule has 2 fully saturated rings. The van der Waals surface area contributed by atoms with Crippen LogP contribution in [0.3, 0.4) is 0 Å². The minimum atomic E-state index is -0.289. The smallest absolute Gasteiger partial charge is 0.295 e. The molecule has 0 bridgehead atoms. The van der Waals surface area contributed by atoms with Crippen LogP contribution < -0.4 is 15.6 Å². The van der Waals surface area contributed by atoms with E-state index in [1.807, 2.05) is 49.0 Å². The predicted molar refractivity (Wildman–Crippen MR) is 165 cm³/mol. The van der Waals surface area contributed by atoms with Crippen molar-refractivity contribution in [3.63, 3.8) is 0 Å². The first-order valence-electron chi connectivity index (χ1n) is 15.0. The molecule has 1 saturated carbocycles. The van der Waals surface area contributed by atoms with Gasteiger partial charge >= 0.3 is 0 Å². The highest BCUT2D eigenvalue weighted by Crippen LogP contribution is 2.39. The minimum absolute atomic E-state index is 0.0693. The van der Waals surface area contributed by atoms with E-state index in [2.05, 4.69) is 27.5 Å². The van der Waals surface area contributed by atoms with Gasteiger partial charge in [0, 0.05) is 36.4 Å². The van der Waals surface area contributed by atoms with Gasteiger partial charge in [-0.25, -0.2) is 4.68 Å². The molecule has 0 spiro atoms. The number of para-hydroxylation sites is 1. The molecule has 10 nitrogen and oxygen atoms in total. The zero-order chi connectivity index (χ0) is 30.1. The first kappa shape index (κ1) is 29.2. The maximum Gasteiger partial charge on any atom is 0.295 e. The minimum Gasteiger partial charge on any atom is -0.493 e. The van der Waals surface area contributed by atoms with Crippen molar-refractivity contribution < 1.29 is 13.9 Å². The lowest BCUT2D eigenvalue weighted by Crippen LogP contribution is -2.30. The Morgan fingerprint density at radius 2 is 1.91 bits per heavy atom. The molecule has 11 heteroatoms. The zero-order valence-electron chi connectivity index (χ0n) is 24.8. The Hall–Kier alpha value is -3.89. The van der Waals surface area contributed by atoms with E-state index in [-0.39, 0.29) is 29.2 Å². The number of aromatic nitrogens is 4. The van der Waals surface area contributed by atoms with E-state index < -0.39 is 0 Å². The van der Waals surface area contributed by atoms with Gasteiger partial charge in [-0.3, -0.25) is 14.3 Å². The van der Waals surface area contributed by atoms with Crippen molar-refractivity contribution in [2.75, 3.05) is 32.1 Å². The van der Waals surface area contributed by atoms with Crippen molar-refractivity contribution in [3.05, 3.63) is 75.5 Å². The van der Waals surface area contributed by atoms with Crippen molar-refractivity contribution in [1.29, 1.82) is 0 Å². The maximum atomic E-state index is 13.8. The molecule has 226 valence electrons. The van der Waals surface area contributed by atoms with Crippen LogP contribution in [0.25, 0.3) is 17.1 Å². The average molecular weight is 605 g/mol. The van der Waals surface area contributed by atoms with Crippen LogP contribution in [0.1, 0.15) is 62.4 Å². The van der Waals surface area contributed by atoms with E-state index in [1.165, 1.54) is 0 Å². The molecule has 3 atom stereocenters. The highest BCUT2D eigenvalue weighted by atomic mass is 35.5. The molecule has 1 amide bonds. The lowest BCUT2D eigenvalue weighted by molar-refractivity contribution is -0.121. The number of carbonyl (C=O) groups excluding carboxylic acids is 1. The summed E-state index contributed by atoms with van der Waals surface area (Å²) in [6.45, 7) is 4.18. The Labute approximate surface area is 255 Å². The first-order chi connectivity index (χ1) is 20.8. The molecule has 6 rings (SSSR count). The summed E-state index contributed by atoms with van der Waals surface area (Å²) in [5.74, 6) is 1.10. The number of halogens is 1. The predicted octanol–water partition coefficient (Wildman–Crippen LogP) is 5.61. The van der Waals surface area contributed by atoms with Crippen LogP contribution in [0.2, 0.25) is 5.02 Å². The van der Waals surface area contributed by atoms with Gasteiger partial charge in [0.2, 0.25) is 11.8 Å². The molecule has 2 aromatic heterocycles. The molecule has 1 saturated heterocycles. The van der Waals surface area contributed by atoms with Crippen LogP contribution in [-0.2, 0) is 11.8 Å². The van der Waals surface area contributed by atoms with Crippen molar-refractivity contribution in [1.82, 2.24) is 24.5 Å². The molecule has 4 aromatic rings. The van der Waals surface area contributed by atoms with Crippen LogP contribution in [0.15, 0.2) is 57.7 Å². The molecular formula is C32H37ClN6O4. The van der Waals surface area contributed by atoms with Crippen molar-refractivity contribution >= 4 is 23.2 Å². The van der Waals surface area contributed by atoms with Gasteiger partial charge in [-0.1, -0.05) is 36.2 Å². The van der Waals surface area contributed by atoms with E-state index in [1.54, 1.807) is 22.9 Å². The Morgan fingerprint density at radius 1 is 1.09 bits per heavy atom. The molecule has 2 aliphatic rings. The van der Waals surface area contributed by atoms with E-state index in [4.69, 9.17) is 20.8 Å². The Bertz CT molecular complexity index is 1660. The van der Waals surface area contributed by atoms with Gasteiger partial charge < -0.3 is 19.4 Å². The molecule has 1 aliphatic heterocycles. The van der Waals surface area contributed by atoms with Gasteiger partial charge in [-0.15, -0.1) is 10.2 Å². The number of rotatable bonds is 8. The summed E-state index contributed by atoms with van der Waals surface area (Å²) in [4.78, 5) is 29.9. The number of hydrogen-bond donors (Lipinski definition) is 1. The highest BCUT2D eigenvalue weighted by molar-refractivity contribution is 6.30. The molecule has 2 unspecified atom stereocenters. The van der Waals surface area contributed by atoms with Crippen LogP contribution in [0.4, 0.5) is 5.69 Å². The second kappa shape index (κ2) is 12.4. The number of likely N-dealkylation sites (N-methyl/N-ethyl adjacent to an activating group) is 1. The maximum absolute atomic E-state index is 13.8. The highest BCUT2D eigenvalue weighted by Gasteiger charge is 2.35. The number of ether oxygens (including phenoxy) is 1. The van der Waals surface area contributed by atoms with Gasteiger partial charge in [0.05, 0.1) is 23.6 Å². The molecule has 43 heavy (non-hydrogen) atoms. The Balaban J connectivity index is 1.24. The average Bonchev–Trinajstić information content (AvgIpc) is 3.73. The second-order valence-electron chi connectivity index (χ2n) is 11.6. The number of nitrogens with one attached hydrogen (secondary N) is 1. The molecular weight excluding hydrogens is 568 g/mol. The molecule has 3 heterocycles. The van der Waals surface area contributed by atoms with E-state index >= 15 is 0 Å². The summed E-state index contributed by atoms with van der Waals surface area (Å²) in [5, 5.41) is 12.3. The molecule has 2 aromatic carbocycles. The zero-order valence-corrected chi connectivity index (χ0v) is 25.5. The fourth-order valence-corrected chi connectivity index (χ4v) is 6.73. The number of nitrogens with zero attached hydrogens (tertiary/aromatic N) is 5. The fraction of sp³-hybridized carbons (Fsp3) is 0.438. The lowest BCUT2D eigenvalue weighted by atomic mass is 9.81. The van der Waals surface area contributed by atoms with Crippen molar-refractivity contribution in [2.24, 2.45) is 13.0 Å². The number of likely N-dealkylation sites (tertiary alicyclic amines) is 1. The summed E-state index contributed by atoms with van der Waals surface area (Å²) < 4.78 is 15.4. The Kier molecular flexibility index (Phi) is 8.41. The number of hydrogen-bond acceptors (Lipinski definition) is 7. The van der Waals surface area contributed by atoms with Crippen molar-refractivity contribution in [3.8, 4) is 22.9 Å². The quantitative estimate of drug-likeness (QED) is 0.278. The third kappa shape index (κ3) is 5.86. The van der Waals surface area contributed by atoms with Gasteiger partial charge in [0.1, 0.15) is 11.4 Å². The number of benzene rings is 2. The second-order valence-corrected chi connectivity index (χ2v) is 12.0. The van der Waals surface area contributed by atoms with E-state index in [9.17, 15) is 9.59 Å². The number of amides is 1. The summed E-state index contributed by atoms with van der Waals surface area (Å²) in [6.07, 6.45) is 3.89. The first-order valence-corrected chi connectivity index (χ1v) is 15.3. The van der Waals surface area contributed by atoms with Crippen LogP contribution in [0.5, 0.6) is 5.75 Å². The van der Waals surface area contributed by atoms with Crippen LogP contribution in [0, 0.1) is 5.92 Å². The lowest BCUT2D eigenvalue weighted by Gasteiger charge is -2.26. The third-order valence-electron chi connectivity index (χ3n) is 8.64. The summed E-state index contributed by atoms with van der Waals surface area (Å²) in [5.41, 5.74) is 2.43. The SMILES string of the molecule is CCOc1ccc(Cl)cc1-c1nnc(C2CCC[C@@H](C(=O)Nc3c(C4CCN(C)C4)n(C)n(-c4ccccc4)c3=O)C2)o1. The van der Waals surface area contributed by atoms with Gasteiger partial charge in [0.15, 0.2) is 0 Å². The number of anilines is 1. The van der Waals surface area contributed by atoms with E-state index in [0.29, 0.717) is 46.8 Å². The van der Waals surface area contributed by atoms with Gasteiger partial charge in [-0.05, 0) is 76.5 Å². The van der Waals surface area contributed by atoms with Crippen molar-refractivity contribution in [2.45, 2.75) is 50.9 Å². The Morgan fingerprint density at radius 3 is 2.65 bits per heavy atom. The summed E-state index contributed by atoms with van der Waals surface area (Å²) in [6, 6.07) is 14.9. The van der Waals surface area contributed by atoms with Gasteiger partial charge in [-0.2, -0.15) is 0 Å². The fourth-order valence-electron chi connectivity index (χ4n) is 6.56. The molecule has 1 aliphatic carbocycles. The summed E-state index contributed by atoms with van der Waals surface area (Å²) in [7, 11) is 3.98. The normalized spacial score (nSPS) is 20.8. The third-order valence-corrected chi connectivity index (χ3v) is 8.88.